The van der Waals surface area contributed by atoms with Crippen molar-refractivity contribution in [1.82, 2.24) is 15.1 Å². The number of nitrogens with one attached hydrogen (secondary N) is 2. The molecular formula is C19H24ClN5O2. The van der Waals surface area contributed by atoms with E-state index >= 15 is 0 Å². The highest BCUT2D eigenvalue weighted by Crippen LogP contribution is 2.25. The van der Waals surface area contributed by atoms with Gasteiger partial charge in [0.25, 0.3) is 0 Å². The van der Waals surface area contributed by atoms with E-state index in [9.17, 15) is 9.59 Å². The first kappa shape index (κ1) is 19.5. The third-order valence-electron chi connectivity index (χ3n) is 5.15. The number of hydrogen-bond acceptors (Lipinski definition) is 4. The van der Waals surface area contributed by atoms with Gasteiger partial charge in [-0.2, -0.15) is 5.26 Å². The lowest BCUT2D eigenvalue weighted by atomic mass is 9.99. The predicted octanol–water partition coefficient (Wildman–Crippen LogP) is 2.42. The molecule has 2 saturated heterocycles. The molecule has 2 aliphatic rings. The maximum atomic E-state index is 12.2. The van der Waals surface area contributed by atoms with E-state index < -0.39 is 0 Å². The molecule has 3 rings (SSSR count). The van der Waals surface area contributed by atoms with Crippen LogP contribution in [0.25, 0.3) is 0 Å². The minimum atomic E-state index is -0.0998. The largest absolute Gasteiger partial charge is 0.332 e. The van der Waals surface area contributed by atoms with Crippen molar-refractivity contribution >= 4 is 29.2 Å². The molecule has 0 spiro atoms. The normalized spacial score (nSPS) is 22.3. The molecule has 1 aromatic carbocycles. The Morgan fingerprint density at radius 1 is 1.48 bits per heavy atom. The first-order valence-corrected chi connectivity index (χ1v) is 9.57. The second-order valence-corrected chi connectivity index (χ2v) is 7.73. The van der Waals surface area contributed by atoms with Gasteiger partial charge in [0.2, 0.25) is 5.91 Å². The fourth-order valence-electron chi connectivity index (χ4n) is 3.85. The second kappa shape index (κ2) is 8.15. The molecular weight excluding hydrogens is 366 g/mol. The number of nitriles is 1. The molecule has 1 aromatic rings. The molecule has 2 fully saturated rings. The molecule has 2 heterocycles. The van der Waals surface area contributed by atoms with Crippen LogP contribution >= 0.6 is 11.6 Å². The first-order valence-electron chi connectivity index (χ1n) is 9.19. The van der Waals surface area contributed by atoms with Gasteiger partial charge in [-0.3, -0.25) is 4.79 Å². The number of carbonyl (C=O) groups is 2. The first-order chi connectivity index (χ1) is 12.9. The Morgan fingerprint density at radius 3 is 2.93 bits per heavy atom. The van der Waals surface area contributed by atoms with Crippen LogP contribution in [0.5, 0.6) is 0 Å². The summed E-state index contributed by atoms with van der Waals surface area (Å²) in [7, 11) is 0. The smallest absolute Gasteiger partial charge is 0.318 e. The van der Waals surface area contributed by atoms with Crippen molar-refractivity contribution in [2.75, 3.05) is 25.0 Å². The van der Waals surface area contributed by atoms with Gasteiger partial charge >= 0.3 is 6.03 Å². The summed E-state index contributed by atoms with van der Waals surface area (Å²) in [6, 6.07) is 7.39. The number of amides is 3. The minimum Gasteiger partial charge on any atom is -0.332 e. The summed E-state index contributed by atoms with van der Waals surface area (Å²) < 4.78 is 0. The fraction of sp³-hybridized carbons (Fsp3) is 0.526. The van der Waals surface area contributed by atoms with Gasteiger partial charge in [-0.25, -0.2) is 4.79 Å². The summed E-state index contributed by atoms with van der Waals surface area (Å²) in [6.07, 6.45) is 1.27. The molecule has 0 aromatic heterocycles. The Hall–Kier alpha value is -2.30. The zero-order chi connectivity index (χ0) is 19.6. The van der Waals surface area contributed by atoms with Crippen LogP contribution in [0.1, 0.15) is 32.3 Å². The molecule has 7 nitrogen and oxygen atoms in total. The molecule has 8 heteroatoms. The van der Waals surface area contributed by atoms with Gasteiger partial charge in [-0.05, 0) is 38.5 Å². The van der Waals surface area contributed by atoms with Gasteiger partial charge in [0.05, 0.1) is 22.7 Å². The lowest BCUT2D eigenvalue weighted by molar-refractivity contribution is -0.116. The number of carbonyl (C=O) groups excluding carboxylic acids is 2. The van der Waals surface area contributed by atoms with E-state index in [1.165, 1.54) is 0 Å². The lowest BCUT2D eigenvalue weighted by Gasteiger charge is -2.37. The Labute approximate surface area is 164 Å². The molecule has 0 unspecified atom stereocenters. The number of rotatable bonds is 5. The highest BCUT2D eigenvalue weighted by Gasteiger charge is 2.43. The molecule has 0 aliphatic carbocycles. The summed E-state index contributed by atoms with van der Waals surface area (Å²) in [6.45, 7) is 6.34. The van der Waals surface area contributed by atoms with E-state index in [-0.39, 0.29) is 30.1 Å². The number of likely N-dealkylation sites (tertiary alicyclic amines) is 1. The van der Waals surface area contributed by atoms with E-state index in [1.807, 2.05) is 24.8 Å². The van der Waals surface area contributed by atoms with Crippen molar-refractivity contribution < 1.29 is 9.59 Å². The van der Waals surface area contributed by atoms with Gasteiger partial charge in [0, 0.05) is 37.8 Å². The molecule has 27 heavy (non-hydrogen) atoms. The molecule has 2 atom stereocenters. The lowest BCUT2D eigenvalue weighted by Crippen LogP contribution is -2.52. The predicted molar refractivity (Wildman–Crippen MR) is 104 cm³/mol. The number of nitrogens with zero attached hydrogens (tertiary/aromatic N) is 3. The van der Waals surface area contributed by atoms with Gasteiger partial charge in [-0.1, -0.05) is 11.6 Å². The van der Waals surface area contributed by atoms with E-state index in [0.29, 0.717) is 29.2 Å². The van der Waals surface area contributed by atoms with Crippen LogP contribution < -0.4 is 10.6 Å². The molecule has 2 aliphatic heterocycles. The van der Waals surface area contributed by atoms with E-state index in [4.69, 9.17) is 16.9 Å². The number of fused-ring (bicyclic) bond motifs is 1. The van der Waals surface area contributed by atoms with E-state index in [2.05, 4.69) is 15.5 Å². The SMILES string of the molecule is CC(C)N1C(=O)N[C@@H]2CN(CCC(=O)Nc3ccc(C#N)c(Cl)c3)CC[C@@H]21. The monoisotopic (exact) mass is 389 g/mol. The van der Waals surface area contributed by atoms with Crippen LogP contribution in [0.3, 0.4) is 0 Å². The average molecular weight is 390 g/mol. The highest BCUT2D eigenvalue weighted by molar-refractivity contribution is 6.32. The number of urea groups is 1. The number of piperidine rings is 1. The van der Waals surface area contributed by atoms with Gasteiger partial charge in [-0.15, -0.1) is 0 Å². The summed E-state index contributed by atoms with van der Waals surface area (Å²) in [5.74, 6) is -0.0998. The van der Waals surface area contributed by atoms with Crippen LogP contribution in [-0.4, -0.2) is 59.5 Å². The van der Waals surface area contributed by atoms with Gasteiger partial charge in [0.1, 0.15) is 6.07 Å². The number of anilines is 1. The maximum Gasteiger partial charge on any atom is 0.318 e. The van der Waals surface area contributed by atoms with Gasteiger partial charge < -0.3 is 20.4 Å². The zero-order valence-electron chi connectivity index (χ0n) is 15.5. The Kier molecular flexibility index (Phi) is 5.88. The van der Waals surface area contributed by atoms with Crippen molar-refractivity contribution in [3.05, 3.63) is 28.8 Å². The molecule has 0 radical (unpaired) electrons. The molecule has 3 amide bonds. The molecule has 144 valence electrons. The van der Waals surface area contributed by atoms with Crippen LogP contribution in [0.15, 0.2) is 18.2 Å². The summed E-state index contributed by atoms with van der Waals surface area (Å²) in [5.41, 5.74) is 0.963. The minimum absolute atomic E-state index is 0.0114. The summed E-state index contributed by atoms with van der Waals surface area (Å²) in [5, 5.41) is 15.1. The van der Waals surface area contributed by atoms with Crippen LogP contribution in [-0.2, 0) is 4.79 Å². The zero-order valence-corrected chi connectivity index (χ0v) is 16.3. The average Bonchev–Trinajstić information content (AvgIpc) is 2.95. The third-order valence-corrected chi connectivity index (χ3v) is 5.46. The van der Waals surface area contributed by atoms with Crippen molar-refractivity contribution in [3.8, 4) is 6.07 Å². The standard InChI is InChI=1S/C19H24ClN5O2/c1-12(2)25-17-5-7-24(11-16(17)23-19(25)27)8-6-18(26)22-14-4-3-13(10-21)15(20)9-14/h3-4,9,12,16-17H,5-8,11H2,1-2H3,(H,22,26)(H,23,27)/t16-,17+/m1/s1. The van der Waals surface area contributed by atoms with Crippen molar-refractivity contribution in [3.63, 3.8) is 0 Å². The molecule has 0 saturated carbocycles. The van der Waals surface area contributed by atoms with Crippen molar-refractivity contribution in [2.24, 2.45) is 0 Å². The van der Waals surface area contributed by atoms with Crippen LogP contribution in [0.4, 0.5) is 10.5 Å². The second-order valence-electron chi connectivity index (χ2n) is 7.32. The highest BCUT2D eigenvalue weighted by atomic mass is 35.5. The number of halogens is 1. The van der Waals surface area contributed by atoms with Crippen molar-refractivity contribution in [2.45, 2.75) is 44.8 Å². The van der Waals surface area contributed by atoms with Crippen LogP contribution in [0.2, 0.25) is 5.02 Å². The number of hydrogen-bond donors (Lipinski definition) is 2. The Balaban J connectivity index is 1.49. The fourth-order valence-corrected chi connectivity index (χ4v) is 4.08. The van der Waals surface area contributed by atoms with E-state index in [1.54, 1.807) is 18.2 Å². The summed E-state index contributed by atoms with van der Waals surface area (Å²) in [4.78, 5) is 28.5. The van der Waals surface area contributed by atoms with Crippen molar-refractivity contribution in [1.29, 1.82) is 5.26 Å². The summed E-state index contributed by atoms with van der Waals surface area (Å²) >= 11 is 5.99. The molecule has 2 N–H and O–H groups in total. The third kappa shape index (κ3) is 4.34. The number of benzene rings is 1. The van der Waals surface area contributed by atoms with Crippen LogP contribution in [0, 0.1) is 11.3 Å². The Bertz CT molecular complexity index is 776. The Morgan fingerprint density at radius 2 is 2.26 bits per heavy atom. The molecule has 0 bridgehead atoms. The topological polar surface area (TPSA) is 88.5 Å². The quantitative estimate of drug-likeness (QED) is 0.809. The van der Waals surface area contributed by atoms with E-state index in [0.717, 1.165) is 19.5 Å². The van der Waals surface area contributed by atoms with Gasteiger partial charge in [0.15, 0.2) is 0 Å². The maximum absolute atomic E-state index is 12.2.